The van der Waals surface area contributed by atoms with Gasteiger partial charge in [-0.1, -0.05) is 6.92 Å². The lowest BCUT2D eigenvalue weighted by atomic mass is 9.48. The SMILES string of the molecule is CCNC(CC12CC3CC(CC(C3)C1)C2)C1=CCCCO1. The van der Waals surface area contributed by atoms with Crippen LogP contribution in [0.15, 0.2) is 11.8 Å². The summed E-state index contributed by atoms with van der Waals surface area (Å²) in [6.07, 6.45) is 15.3. The molecule has 1 N–H and O–H groups in total. The molecule has 0 aromatic heterocycles. The van der Waals surface area contributed by atoms with Gasteiger partial charge < -0.3 is 10.1 Å². The molecule has 0 aromatic carbocycles. The Morgan fingerprint density at radius 1 is 1.19 bits per heavy atom. The fourth-order valence-electron chi connectivity index (χ4n) is 6.31. The fourth-order valence-corrected chi connectivity index (χ4v) is 6.31. The molecule has 1 heterocycles. The number of likely N-dealkylation sites (N-methyl/N-ethyl adjacent to an activating group) is 1. The van der Waals surface area contributed by atoms with Gasteiger partial charge in [-0.3, -0.25) is 0 Å². The van der Waals surface area contributed by atoms with E-state index < -0.39 is 0 Å². The lowest BCUT2D eigenvalue weighted by Crippen LogP contribution is -2.49. The summed E-state index contributed by atoms with van der Waals surface area (Å²) in [5.41, 5.74) is 0.642. The summed E-state index contributed by atoms with van der Waals surface area (Å²) < 4.78 is 6.01. The van der Waals surface area contributed by atoms with E-state index in [9.17, 15) is 0 Å². The van der Waals surface area contributed by atoms with Gasteiger partial charge in [0.25, 0.3) is 0 Å². The zero-order valence-electron chi connectivity index (χ0n) is 13.6. The minimum Gasteiger partial charge on any atom is -0.497 e. The fraction of sp³-hybridized carbons (Fsp3) is 0.895. The molecule has 118 valence electrons. The first-order valence-corrected chi connectivity index (χ1v) is 9.32. The van der Waals surface area contributed by atoms with Crippen LogP contribution in [0.4, 0.5) is 0 Å². The Morgan fingerprint density at radius 3 is 2.38 bits per heavy atom. The van der Waals surface area contributed by atoms with Crippen LogP contribution >= 0.6 is 0 Å². The molecule has 1 unspecified atom stereocenters. The molecule has 1 atom stereocenters. The molecule has 0 radical (unpaired) electrons. The van der Waals surface area contributed by atoms with Crippen LogP contribution in [-0.4, -0.2) is 19.2 Å². The molecule has 5 rings (SSSR count). The van der Waals surface area contributed by atoms with E-state index in [4.69, 9.17) is 4.74 Å². The largest absolute Gasteiger partial charge is 0.497 e. The van der Waals surface area contributed by atoms with Gasteiger partial charge in [0, 0.05) is 0 Å². The van der Waals surface area contributed by atoms with Crippen molar-refractivity contribution in [2.45, 2.75) is 70.8 Å². The summed E-state index contributed by atoms with van der Waals surface area (Å²) in [4.78, 5) is 0. The summed E-state index contributed by atoms with van der Waals surface area (Å²) in [5.74, 6) is 4.43. The maximum Gasteiger partial charge on any atom is 0.109 e. The van der Waals surface area contributed by atoms with Crippen LogP contribution in [0.1, 0.15) is 64.7 Å². The van der Waals surface area contributed by atoms with Crippen molar-refractivity contribution in [3.8, 4) is 0 Å². The third-order valence-corrected chi connectivity index (χ3v) is 6.56. The molecule has 4 saturated carbocycles. The van der Waals surface area contributed by atoms with E-state index in [1.165, 1.54) is 44.3 Å². The van der Waals surface area contributed by atoms with E-state index >= 15 is 0 Å². The van der Waals surface area contributed by atoms with Crippen molar-refractivity contribution in [3.63, 3.8) is 0 Å². The molecule has 0 spiro atoms. The Labute approximate surface area is 129 Å². The van der Waals surface area contributed by atoms with Gasteiger partial charge in [-0.05, 0) is 93.6 Å². The topological polar surface area (TPSA) is 21.3 Å². The molecule has 2 nitrogen and oxygen atoms in total. The number of hydrogen-bond donors (Lipinski definition) is 1. The highest BCUT2D eigenvalue weighted by molar-refractivity contribution is 5.10. The van der Waals surface area contributed by atoms with Crippen molar-refractivity contribution in [1.29, 1.82) is 0 Å². The zero-order valence-corrected chi connectivity index (χ0v) is 13.6. The second-order valence-electron chi connectivity index (χ2n) is 8.33. The van der Waals surface area contributed by atoms with Crippen LogP contribution < -0.4 is 5.32 Å². The summed E-state index contributed by atoms with van der Waals surface area (Å²) in [6, 6.07) is 0.478. The predicted octanol–water partition coefficient (Wildman–Crippen LogP) is 4.27. The average molecular weight is 289 g/mol. The van der Waals surface area contributed by atoms with Crippen molar-refractivity contribution in [2.75, 3.05) is 13.2 Å². The van der Waals surface area contributed by atoms with Crippen molar-refractivity contribution in [2.24, 2.45) is 23.2 Å². The zero-order chi connectivity index (χ0) is 14.3. The summed E-state index contributed by atoms with van der Waals surface area (Å²) >= 11 is 0. The third-order valence-electron chi connectivity index (χ3n) is 6.56. The quantitative estimate of drug-likeness (QED) is 0.816. The molecule has 0 aromatic rings. The molecule has 4 aliphatic carbocycles. The van der Waals surface area contributed by atoms with Gasteiger partial charge >= 0.3 is 0 Å². The first kappa shape index (κ1) is 14.1. The molecule has 1 aliphatic heterocycles. The Kier molecular flexibility index (Phi) is 3.77. The second kappa shape index (κ2) is 5.61. The number of hydrogen-bond acceptors (Lipinski definition) is 2. The minimum atomic E-state index is 0.478. The lowest BCUT2D eigenvalue weighted by Gasteiger charge is -2.57. The second-order valence-corrected chi connectivity index (χ2v) is 8.33. The number of nitrogens with one attached hydrogen (secondary N) is 1. The summed E-state index contributed by atoms with van der Waals surface area (Å²) in [7, 11) is 0. The van der Waals surface area contributed by atoms with E-state index in [-0.39, 0.29) is 0 Å². The molecule has 21 heavy (non-hydrogen) atoms. The predicted molar refractivity (Wildman–Crippen MR) is 86.0 cm³/mol. The number of rotatable bonds is 5. The normalized spacial score (nSPS) is 42.5. The molecular weight excluding hydrogens is 258 g/mol. The molecule has 0 amide bonds. The third kappa shape index (κ3) is 2.76. The van der Waals surface area contributed by atoms with Gasteiger partial charge in [-0.25, -0.2) is 0 Å². The Balaban J connectivity index is 1.51. The van der Waals surface area contributed by atoms with Crippen LogP contribution in [0.3, 0.4) is 0 Å². The Morgan fingerprint density at radius 2 is 1.86 bits per heavy atom. The van der Waals surface area contributed by atoms with Gasteiger partial charge in [-0.15, -0.1) is 0 Å². The van der Waals surface area contributed by atoms with Gasteiger partial charge in [-0.2, -0.15) is 0 Å². The van der Waals surface area contributed by atoms with E-state index in [2.05, 4.69) is 18.3 Å². The molecule has 4 bridgehead atoms. The van der Waals surface area contributed by atoms with Crippen molar-refractivity contribution in [1.82, 2.24) is 5.32 Å². The highest BCUT2D eigenvalue weighted by Gasteiger charge is 2.51. The highest BCUT2D eigenvalue weighted by atomic mass is 16.5. The minimum absolute atomic E-state index is 0.478. The monoisotopic (exact) mass is 289 g/mol. The van der Waals surface area contributed by atoms with Crippen LogP contribution in [0.25, 0.3) is 0 Å². The van der Waals surface area contributed by atoms with Crippen LogP contribution in [0.2, 0.25) is 0 Å². The maximum atomic E-state index is 6.01. The molecular formula is C19H31NO. The average Bonchev–Trinajstić information content (AvgIpc) is 2.46. The summed E-state index contributed by atoms with van der Waals surface area (Å²) in [6.45, 7) is 4.21. The van der Waals surface area contributed by atoms with Gasteiger partial charge in [0.05, 0.1) is 12.6 Å². The van der Waals surface area contributed by atoms with Crippen LogP contribution in [0.5, 0.6) is 0 Å². The highest BCUT2D eigenvalue weighted by Crippen LogP contribution is 2.61. The van der Waals surface area contributed by atoms with Crippen LogP contribution in [-0.2, 0) is 4.74 Å². The standard InChI is InChI=1S/C19H31NO/c1-2-20-17(18-5-3-4-6-21-18)13-19-10-14-7-15(11-19)9-16(8-14)12-19/h5,14-17,20H,2-4,6-13H2,1H3. The van der Waals surface area contributed by atoms with Crippen LogP contribution in [0, 0.1) is 23.2 Å². The first-order chi connectivity index (χ1) is 10.3. The van der Waals surface area contributed by atoms with E-state index in [0.717, 1.165) is 30.9 Å². The van der Waals surface area contributed by atoms with E-state index in [1.54, 1.807) is 19.3 Å². The smallest absolute Gasteiger partial charge is 0.109 e. The number of allylic oxidation sites excluding steroid dienone is 1. The molecule has 0 saturated heterocycles. The van der Waals surface area contributed by atoms with Crippen molar-refractivity contribution >= 4 is 0 Å². The molecule has 2 heteroatoms. The van der Waals surface area contributed by atoms with Gasteiger partial charge in [0.1, 0.15) is 5.76 Å². The van der Waals surface area contributed by atoms with Crippen molar-refractivity contribution < 1.29 is 4.74 Å². The Bertz CT molecular complexity index is 379. The van der Waals surface area contributed by atoms with Gasteiger partial charge in [0.15, 0.2) is 0 Å². The summed E-state index contributed by atoms with van der Waals surface area (Å²) in [5, 5.41) is 3.73. The maximum absolute atomic E-state index is 6.01. The number of ether oxygens (including phenoxy) is 1. The van der Waals surface area contributed by atoms with E-state index in [1.807, 2.05) is 0 Å². The molecule has 5 aliphatic rings. The molecule has 4 fully saturated rings. The Hall–Kier alpha value is -0.500. The van der Waals surface area contributed by atoms with E-state index in [0.29, 0.717) is 11.5 Å². The van der Waals surface area contributed by atoms with Crippen molar-refractivity contribution in [3.05, 3.63) is 11.8 Å². The lowest BCUT2D eigenvalue weighted by molar-refractivity contribution is -0.0628. The first-order valence-electron chi connectivity index (χ1n) is 9.32. The van der Waals surface area contributed by atoms with Gasteiger partial charge in [0.2, 0.25) is 0 Å².